The van der Waals surface area contributed by atoms with E-state index in [0.29, 0.717) is 5.69 Å². The zero-order valence-corrected chi connectivity index (χ0v) is 14.5. The Morgan fingerprint density at radius 3 is 2.20 bits per heavy atom. The van der Waals surface area contributed by atoms with Gasteiger partial charge in [0.1, 0.15) is 0 Å². The summed E-state index contributed by atoms with van der Waals surface area (Å²) in [4.78, 5) is 23.1. The Morgan fingerprint density at radius 1 is 1.00 bits per heavy atom. The smallest absolute Gasteiger partial charge is 0.335 e. The van der Waals surface area contributed by atoms with Crippen molar-refractivity contribution in [2.75, 3.05) is 5.32 Å². The van der Waals surface area contributed by atoms with E-state index >= 15 is 0 Å². The molecular weight excluding hydrogens is 344 g/mol. The zero-order chi connectivity index (χ0) is 18.6. The molecule has 2 aromatic rings. The lowest BCUT2D eigenvalue weighted by Crippen LogP contribution is -2.30. The number of nitrogens with one attached hydrogen (secondary N) is 2. The monoisotopic (exact) mass is 362 g/mol. The summed E-state index contributed by atoms with van der Waals surface area (Å²) >= 11 is 0. The molecule has 0 aliphatic rings. The van der Waals surface area contributed by atoms with Gasteiger partial charge >= 0.3 is 5.97 Å². The van der Waals surface area contributed by atoms with Crippen molar-refractivity contribution in [3.05, 3.63) is 59.7 Å². The van der Waals surface area contributed by atoms with Gasteiger partial charge in [-0.3, -0.25) is 4.79 Å². The van der Waals surface area contributed by atoms with Gasteiger partial charge in [0.05, 0.1) is 10.5 Å². The second-order valence-corrected chi connectivity index (χ2v) is 7.35. The largest absolute Gasteiger partial charge is 0.478 e. The first-order valence-corrected chi connectivity index (χ1v) is 8.94. The van der Waals surface area contributed by atoms with Crippen molar-refractivity contribution in [3.63, 3.8) is 0 Å². The highest BCUT2D eigenvalue weighted by atomic mass is 32.2. The van der Waals surface area contributed by atoms with E-state index in [9.17, 15) is 18.0 Å². The normalized spacial score (nSPS) is 11.3. The molecule has 0 unspecified atom stereocenters. The van der Waals surface area contributed by atoms with E-state index in [1.165, 1.54) is 48.5 Å². The molecule has 0 aliphatic carbocycles. The van der Waals surface area contributed by atoms with Crippen LogP contribution in [0, 0.1) is 0 Å². The summed E-state index contributed by atoms with van der Waals surface area (Å²) < 4.78 is 26.8. The maximum Gasteiger partial charge on any atom is 0.335 e. The SMILES string of the molecule is CC(C)NS(=O)(=O)c1cccc(C(=O)Nc2ccc(C(=O)O)cc2)c1. The molecular formula is C17H18N2O5S. The number of sulfonamides is 1. The fraction of sp³-hybridized carbons (Fsp3) is 0.176. The molecule has 0 aliphatic heterocycles. The molecule has 0 saturated heterocycles. The number of anilines is 1. The first kappa shape index (κ1) is 18.6. The number of hydrogen-bond donors (Lipinski definition) is 3. The molecule has 2 aromatic carbocycles. The number of carbonyl (C=O) groups excluding carboxylic acids is 1. The molecule has 0 aromatic heterocycles. The molecule has 0 atom stereocenters. The molecule has 0 fully saturated rings. The third-order valence-corrected chi connectivity index (χ3v) is 4.84. The van der Waals surface area contributed by atoms with Crippen LogP contribution in [0.25, 0.3) is 0 Å². The van der Waals surface area contributed by atoms with Crippen molar-refractivity contribution < 1.29 is 23.1 Å². The van der Waals surface area contributed by atoms with Crippen LogP contribution in [-0.4, -0.2) is 31.4 Å². The van der Waals surface area contributed by atoms with E-state index in [4.69, 9.17) is 5.11 Å². The highest BCUT2D eigenvalue weighted by Gasteiger charge is 2.17. The van der Waals surface area contributed by atoms with E-state index in [-0.39, 0.29) is 22.1 Å². The molecule has 132 valence electrons. The minimum absolute atomic E-state index is 0.00456. The van der Waals surface area contributed by atoms with E-state index in [1.807, 2.05) is 0 Å². The van der Waals surface area contributed by atoms with E-state index in [1.54, 1.807) is 13.8 Å². The first-order chi connectivity index (χ1) is 11.7. The molecule has 8 heteroatoms. The highest BCUT2D eigenvalue weighted by Crippen LogP contribution is 2.15. The summed E-state index contributed by atoms with van der Waals surface area (Å²) in [5.41, 5.74) is 0.684. The summed E-state index contributed by atoms with van der Waals surface area (Å²) in [6.07, 6.45) is 0. The summed E-state index contributed by atoms with van der Waals surface area (Å²) in [7, 11) is -3.70. The molecule has 25 heavy (non-hydrogen) atoms. The quantitative estimate of drug-likeness (QED) is 0.730. The number of rotatable bonds is 6. The number of carboxylic acid groups (broad SMARTS) is 1. The van der Waals surface area contributed by atoms with Gasteiger partial charge in [0.25, 0.3) is 5.91 Å². The Labute approximate surface area is 145 Å². The summed E-state index contributed by atoms with van der Waals surface area (Å²) in [5, 5.41) is 11.5. The highest BCUT2D eigenvalue weighted by molar-refractivity contribution is 7.89. The molecule has 0 spiro atoms. The maximum absolute atomic E-state index is 12.3. The lowest BCUT2D eigenvalue weighted by atomic mass is 10.2. The Morgan fingerprint density at radius 2 is 1.64 bits per heavy atom. The topological polar surface area (TPSA) is 113 Å². The van der Waals surface area contributed by atoms with Crippen LogP contribution in [0.5, 0.6) is 0 Å². The van der Waals surface area contributed by atoms with Crippen molar-refractivity contribution >= 4 is 27.6 Å². The maximum atomic E-state index is 12.3. The van der Waals surface area contributed by atoms with Crippen LogP contribution in [0.4, 0.5) is 5.69 Å². The minimum Gasteiger partial charge on any atom is -0.478 e. The summed E-state index contributed by atoms with van der Waals surface area (Å²) in [6, 6.07) is 11.1. The van der Waals surface area contributed by atoms with Gasteiger partial charge < -0.3 is 10.4 Å². The predicted octanol–water partition coefficient (Wildman–Crippen LogP) is 2.32. The van der Waals surface area contributed by atoms with Gasteiger partial charge in [-0.1, -0.05) is 6.07 Å². The fourth-order valence-electron chi connectivity index (χ4n) is 2.08. The second kappa shape index (κ2) is 7.45. The van der Waals surface area contributed by atoms with Crippen LogP contribution in [0.15, 0.2) is 53.4 Å². The van der Waals surface area contributed by atoms with Crippen molar-refractivity contribution in [2.45, 2.75) is 24.8 Å². The van der Waals surface area contributed by atoms with Gasteiger partial charge in [-0.25, -0.2) is 17.9 Å². The molecule has 0 bridgehead atoms. The van der Waals surface area contributed by atoms with Gasteiger partial charge in [-0.15, -0.1) is 0 Å². The fourth-order valence-corrected chi connectivity index (χ4v) is 3.38. The van der Waals surface area contributed by atoms with Gasteiger partial charge in [-0.2, -0.15) is 0 Å². The standard InChI is InChI=1S/C17H18N2O5S/c1-11(2)19-25(23,24)15-5-3-4-13(10-15)16(20)18-14-8-6-12(7-9-14)17(21)22/h3-11,19H,1-2H3,(H,18,20)(H,21,22). The van der Waals surface area contributed by atoms with Crippen LogP contribution in [-0.2, 0) is 10.0 Å². The molecule has 0 heterocycles. The van der Waals surface area contributed by atoms with Crippen LogP contribution in [0.2, 0.25) is 0 Å². The van der Waals surface area contributed by atoms with Crippen molar-refractivity contribution in [2.24, 2.45) is 0 Å². The average Bonchev–Trinajstić information content (AvgIpc) is 2.54. The number of carboxylic acids is 1. The predicted molar refractivity (Wildman–Crippen MR) is 93.3 cm³/mol. The lowest BCUT2D eigenvalue weighted by Gasteiger charge is -2.11. The number of aromatic carboxylic acids is 1. The average molecular weight is 362 g/mol. The number of benzene rings is 2. The first-order valence-electron chi connectivity index (χ1n) is 7.46. The molecule has 7 nitrogen and oxygen atoms in total. The Balaban J connectivity index is 2.20. The Hall–Kier alpha value is -2.71. The summed E-state index contributed by atoms with van der Waals surface area (Å²) in [6.45, 7) is 3.41. The van der Waals surface area contributed by atoms with E-state index in [0.717, 1.165) is 0 Å². The molecule has 2 rings (SSSR count). The summed E-state index contributed by atoms with van der Waals surface area (Å²) in [5.74, 6) is -1.56. The van der Waals surface area contributed by atoms with E-state index in [2.05, 4.69) is 10.0 Å². The minimum atomic E-state index is -3.70. The van der Waals surface area contributed by atoms with Crippen LogP contribution in [0.1, 0.15) is 34.6 Å². The molecule has 3 N–H and O–H groups in total. The van der Waals surface area contributed by atoms with E-state index < -0.39 is 21.9 Å². The van der Waals surface area contributed by atoms with Crippen molar-refractivity contribution in [3.8, 4) is 0 Å². The van der Waals surface area contributed by atoms with Crippen LogP contribution < -0.4 is 10.0 Å². The Kier molecular flexibility index (Phi) is 5.55. The number of hydrogen-bond acceptors (Lipinski definition) is 4. The lowest BCUT2D eigenvalue weighted by molar-refractivity contribution is 0.0696. The number of carbonyl (C=O) groups is 2. The van der Waals surface area contributed by atoms with Crippen molar-refractivity contribution in [1.82, 2.24) is 4.72 Å². The zero-order valence-electron chi connectivity index (χ0n) is 13.7. The molecule has 0 saturated carbocycles. The molecule has 1 amide bonds. The van der Waals surface area contributed by atoms with Crippen molar-refractivity contribution in [1.29, 1.82) is 0 Å². The van der Waals surface area contributed by atoms with Gasteiger partial charge in [0.2, 0.25) is 10.0 Å². The van der Waals surface area contributed by atoms with Crippen LogP contribution >= 0.6 is 0 Å². The third kappa shape index (κ3) is 4.88. The number of amides is 1. The van der Waals surface area contributed by atoms with Gasteiger partial charge in [0.15, 0.2) is 0 Å². The van der Waals surface area contributed by atoms with Gasteiger partial charge in [0, 0.05) is 17.3 Å². The third-order valence-electron chi connectivity index (χ3n) is 3.19. The van der Waals surface area contributed by atoms with Crippen LogP contribution in [0.3, 0.4) is 0 Å². The molecule has 0 radical (unpaired) electrons. The Bertz CT molecular complexity index is 890. The van der Waals surface area contributed by atoms with Gasteiger partial charge in [-0.05, 0) is 56.3 Å². The second-order valence-electron chi connectivity index (χ2n) is 5.64.